The second-order valence-corrected chi connectivity index (χ2v) is 19.2. The fraction of sp³-hybridized carbons (Fsp3) is 0.652. The highest BCUT2D eigenvalue weighted by molar-refractivity contribution is 6.01. The van der Waals surface area contributed by atoms with Crippen molar-refractivity contribution in [3.05, 3.63) is 57.7 Å². The van der Waals surface area contributed by atoms with Crippen LogP contribution in [0, 0.1) is 40.3 Å². The number of alkyl halides is 1. The van der Waals surface area contributed by atoms with E-state index >= 15 is 8.78 Å². The van der Waals surface area contributed by atoms with E-state index in [9.17, 15) is 29.4 Å². The molecular formula is C46H57F2N3O8. The number of nitrogens with zero attached hydrogens (tertiary/aromatic N) is 2. The van der Waals surface area contributed by atoms with E-state index in [0.29, 0.717) is 55.0 Å². The number of hydrogen-bond acceptors (Lipinski definition) is 10. The van der Waals surface area contributed by atoms with Gasteiger partial charge in [0.25, 0.3) is 0 Å². The number of piperidine rings is 1. The molecule has 1 aromatic heterocycles. The number of nitrogens with one attached hydrogen (secondary N) is 1. The molecule has 3 heterocycles. The highest BCUT2D eigenvalue weighted by Crippen LogP contribution is 2.71. The maximum absolute atomic E-state index is 17.6. The SMILES string of the molecule is COc1c(N2C[C@H]3CCCN[C@H]3C2)c(F)cc2c(=O)c(C(=O)OCCCCC(=O)[C@@]3(O)[C@H](C)C[C@H]4[C@@H]5CCC6=CC(=O)C=C[C@]6(C)[C@@]5(F)[C@@H](O)C[C@@]43C)cn(C3CC3)c12. The molecule has 2 aromatic rings. The van der Waals surface area contributed by atoms with Gasteiger partial charge in [0.15, 0.2) is 28.8 Å². The van der Waals surface area contributed by atoms with Gasteiger partial charge in [-0.2, -0.15) is 0 Å². The number of rotatable bonds is 10. The van der Waals surface area contributed by atoms with Crippen molar-refractivity contribution in [1.82, 2.24) is 9.88 Å². The number of allylic oxidation sites excluding steroid dienone is 4. The molecule has 7 aliphatic rings. The lowest BCUT2D eigenvalue weighted by atomic mass is 9.44. The second-order valence-electron chi connectivity index (χ2n) is 19.2. The number of pyridine rings is 1. The van der Waals surface area contributed by atoms with Gasteiger partial charge in [0, 0.05) is 54.5 Å². The highest BCUT2D eigenvalue weighted by atomic mass is 19.1. The number of fused-ring (bicyclic) bond motifs is 7. The first kappa shape index (κ1) is 40.5. The van der Waals surface area contributed by atoms with Crippen molar-refractivity contribution < 1.29 is 42.9 Å². The van der Waals surface area contributed by atoms with Gasteiger partial charge in [0.1, 0.15) is 16.9 Å². The standard InChI is InChI=1S/C46H57F2N3O8/c1-25-18-33-32-13-10-27-19-29(52)14-15-43(27,2)45(32,48)37(54)21-44(33,3)46(25,57)36(53)9-5-6-17-59-42(56)31-23-51(28-11-12-28)38-30(40(31)55)20-34(47)39(41(38)58-4)50-22-26-8-7-16-49-35(26)24-50/h14-15,19-20,23,25-26,28,32-33,35,37,49,54,57H,5-13,16-18,21-22,24H2,1-4H3/t25-,26-,32+,33+,35+,37+,43+,44+,45+,46+/m1/s1. The Morgan fingerprint density at radius 3 is 2.59 bits per heavy atom. The number of unbranched alkanes of at least 4 members (excludes halogenated alkanes) is 1. The highest BCUT2D eigenvalue weighted by Gasteiger charge is 2.75. The van der Waals surface area contributed by atoms with Crippen LogP contribution in [0.25, 0.3) is 10.9 Å². The van der Waals surface area contributed by atoms with E-state index in [0.717, 1.165) is 32.2 Å². The number of methoxy groups -OCH3 is 1. The lowest BCUT2D eigenvalue weighted by Crippen LogP contribution is -2.69. The van der Waals surface area contributed by atoms with Gasteiger partial charge in [0.2, 0.25) is 5.43 Å². The molecule has 3 N–H and O–H groups in total. The Hall–Kier alpha value is -3.94. The molecule has 59 heavy (non-hydrogen) atoms. The lowest BCUT2D eigenvalue weighted by molar-refractivity contribution is -0.218. The largest absolute Gasteiger partial charge is 0.492 e. The first-order chi connectivity index (χ1) is 28.1. The number of hydrogen-bond donors (Lipinski definition) is 3. The maximum atomic E-state index is 17.6. The predicted molar refractivity (Wildman–Crippen MR) is 217 cm³/mol. The van der Waals surface area contributed by atoms with Gasteiger partial charge < -0.3 is 34.5 Å². The summed E-state index contributed by atoms with van der Waals surface area (Å²) in [6.07, 6.45) is 10.1. The minimum Gasteiger partial charge on any atom is -0.492 e. The van der Waals surface area contributed by atoms with Crippen LogP contribution < -0.4 is 20.4 Å². The summed E-state index contributed by atoms with van der Waals surface area (Å²) >= 11 is 0. The number of carbonyl (C=O) groups excluding carboxylic acids is 3. The molecule has 11 nitrogen and oxygen atoms in total. The lowest BCUT2D eigenvalue weighted by Gasteiger charge is -2.62. The molecule has 0 unspecified atom stereocenters. The number of halogens is 2. The number of Topliss-reactive ketones (excluding diaryl/α,β-unsaturated/α-hetero) is 1. The first-order valence-corrected chi connectivity index (χ1v) is 21.8. The normalized spacial score (nSPS) is 37.4. The molecule has 0 radical (unpaired) electrons. The van der Waals surface area contributed by atoms with E-state index in [4.69, 9.17) is 9.47 Å². The molecule has 13 heteroatoms. The fourth-order valence-electron chi connectivity index (χ4n) is 12.9. The summed E-state index contributed by atoms with van der Waals surface area (Å²) in [6, 6.07) is 1.51. The third-order valence-electron chi connectivity index (χ3n) is 16.2. The van der Waals surface area contributed by atoms with Crippen LogP contribution in [0.2, 0.25) is 0 Å². The molecule has 2 aliphatic heterocycles. The zero-order valence-corrected chi connectivity index (χ0v) is 34.5. The van der Waals surface area contributed by atoms with Crippen molar-refractivity contribution in [2.24, 2.45) is 34.5 Å². The van der Waals surface area contributed by atoms with Crippen LogP contribution in [0.3, 0.4) is 0 Å². The summed E-state index contributed by atoms with van der Waals surface area (Å²) in [6.45, 7) is 7.55. The quantitative estimate of drug-likeness (QED) is 0.195. The Bertz CT molecular complexity index is 2220. The number of benzene rings is 1. The van der Waals surface area contributed by atoms with Crippen molar-refractivity contribution in [1.29, 1.82) is 0 Å². The third-order valence-corrected chi connectivity index (χ3v) is 16.2. The molecule has 6 fully saturated rings. The molecule has 5 aliphatic carbocycles. The van der Waals surface area contributed by atoms with Crippen LogP contribution in [0.5, 0.6) is 5.75 Å². The van der Waals surface area contributed by atoms with E-state index in [1.54, 1.807) is 13.0 Å². The van der Waals surface area contributed by atoms with Crippen molar-refractivity contribution in [3.8, 4) is 5.75 Å². The van der Waals surface area contributed by atoms with E-state index in [1.165, 1.54) is 31.5 Å². The van der Waals surface area contributed by atoms with Gasteiger partial charge in [0.05, 0.1) is 30.7 Å². The Balaban J connectivity index is 0.879. The molecule has 0 spiro atoms. The smallest absolute Gasteiger partial charge is 0.343 e. The van der Waals surface area contributed by atoms with Crippen molar-refractivity contribution in [2.45, 2.75) is 121 Å². The summed E-state index contributed by atoms with van der Waals surface area (Å²) in [5.41, 5.74) is -5.46. The van der Waals surface area contributed by atoms with Crippen LogP contribution in [0.15, 0.2) is 40.9 Å². The second kappa shape index (κ2) is 14.3. The minimum absolute atomic E-state index is 0.0158. The maximum Gasteiger partial charge on any atom is 0.343 e. The number of anilines is 1. The van der Waals surface area contributed by atoms with Crippen molar-refractivity contribution in [3.63, 3.8) is 0 Å². The number of esters is 1. The molecule has 0 bridgehead atoms. The Labute approximate surface area is 343 Å². The molecule has 0 amide bonds. The number of aliphatic hydroxyl groups excluding tert-OH is 1. The average molecular weight is 818 g/mol. The van der Waals surface area contributed by atoms with E-state index < -0.39 is 57.3 Å². The topological polar surface area (TPSA) is 147 Å². The molecule has 10 atom stereocenters. The average Bonchev–Trinajstić information content (AvgIpc) is 3.93. The Morgan fingerprint density at radius 1 is 1.08 bits per heavy atom. The van der Waals surface area contributed by atoms with Crippen molar-refractivity contribution >= 4 is 34.1 Å². The predicted octanol–water partition coefficient (Wildman–Crippen LogP) is 5.92. The van der Waals surface area contributed by atoms with Gasteiger partial charge in [-0.15, -0.1) is 0 Å². The summed E-state index contributed by atoms with van der Waals surface area (Å²) in [5.74, 6) is -2.77. The van der Waals surface area contributed by atoms with E-state index in [-0.39, 0.29) is 78.6 Å². The van der Waals surface area contributed by atoms with E-state index in [2.05, 4.69) is 5.32 Å². The van der Waals surface area contributed by atoms with Gasteiger partial charge in [-0.05, 0) is 114 Å². The van der Waals surface area contributed by atoms with Crippen LogP contribution >= 0.6 is 0 Å². The fourth-order valence-corrected chi connectivity index (χ4v) is 12.9. The van der Waals surface area contributed by atoms with Gasteiger partial charge in [-0.3, -0.25) is 14.4 Å². The van der Waals surface area contributed by atoms with E-state index in [1.807, 2.05) is 23.3 Å². The summed E-state index contributed by atoms with van der Waals surface area (Å²) < 4.78 is 47.0. The number of carbonyl (C=O) groups is 3. The summed E-state index contributed by atoms with van der Waals surface area (Å²) in [5, 5.41) is 27.6. The van der Waals surface area contributed by atoms with Crippen LogP contribution in [0.1, 0.15) is 108 Å². The number of aromatic nitrogens is 1. The monoisotopic (exact) mass is 817 g/mol. The van der Waals surface area contributed by atoms with Crippen LogP contribution in [0.4, 0.5) is 14.5 Å². The molecule has 2 saturated heterocycles. The Morgan fingerprint density at radius 2 is 1.86 bits per heavy atom. The third kappa shape index (κ3) is 5.86. The summed E-state index contributed by atoms with van der Waals surface area (Å²) in [4.78, 5) is 55.7. The molecule has 1 aromatic carbocycles. The number of ether oxygens (including phenoxy) is 2. The van der Waals surface area contributed by atoms with Crippen LogP contribution in [-0.4, -0.2) is 89.1 Å². The van der Waals surface area contributed by atoms with Gasteiger partial charge >= 0.3 is 5.97 Å². The zero-order chi connectivity index (χ0) is 41.8. The first-order valence-electron chi connectivity index (χ1n) is 21.8. The molecular weight excluding hydrogens is 761 g/mol. The number of aliphatic hydroxyl groups is 2. The van der Waals surface area contributed by atoms with Crippen LogP contribution in [-0.2, 0) is 14.3 Å². The molecule has 318 valence electrons. The molecule has 9 rings (SSSR count). The van der Waals surface area contributed by atoms with Gasteiger partial charge in [-0.25, -0.2) is 13.6 Å². The zero-order valence-electron chi connectivity index (χ0n) is 34.5. The Kier molecular flexibility index (Phi) is 9.83. The molecule has 4 saturated carbocycles. The minimum atomic E-state index is -2.06. The van der Waals surface area contributed by atoms with Gasteiger partial charge in [-0.1, -0.05) is 25.5 Å². The number of ketones is 2. The summed E-state index contributed by atoms with van der Waals surface area (Å²) in [7, 11) is 1.48. The van der Waals surface area contributed by atoms with Crippen molar-refractivity contribution in [2.75, 3.05) is 38.3 Å².